The SMILES string of the molecule is COc1cccc(OC)c1-c1[nH]nc2nc(-c3cccnc3)ccc12. The lowest BCUT2D eigenvalue weighted by Crippen LogP contribution is -1.93. The second kappa shape index (κ2) is 6.24. The zero-order valence-electron chi connectivity index (χ0n) is 13.9. The number of benzene rings is 1. The number of rotatable bonds is 4. The molecule has 0 aliphatic carbocycles. The van der Waals surface area contributed by atoms with Gasteiger partial charge in [0.25, 0.3) is 0 Å². The number of nitrogens with zero attached hydrogens (tertiary/aromatic N) is 3. The van der Waals surface area contributed by atoms with Crippen molar-refractivity contribution < 1.29 is 9.47 Å². The van der Waals surface area contributed by atoms with Crippen LogP contribution in [0, 0.1) is 0 Å². The largest absolute Gasteiger partial charge is 0.496 e. The van der Waals surface area contributed by atoms with Gasteiger partial charge in [-0.3, -0.25) is 10.1 Å². The Morgan fingerprint density at radius 3 is 2.40 bits per heavy atom. The first-order valence-corrected chi connectivity index (χ1v) is 7.78. The molecule has 4 aromatic rings. The van der Waals surface area contributed by atoms with Crippen LogP contribution < -0.4 is 9.47 Å². The van der Waals surface area contributed by atoms with Gasteiger partial charge in [-0.25, -0.2) is 4.98 Å². The van der Waals surface area contributed by atoms with E-state index < -0.39 is 0 Å². The molecule has 0 saturated carbocycles. The van der Waals surface area contributed by atoms with E-state index in [0.717, 1.165) is 27.9 Å². The van der Waals surface area contributed by atoms with Crippen LogP contribution in [0.3, 0.4) is 0 Å². The third kappa shape index (κ3) is 2.57. The quantitative estimate of drug-likeness (QED) is 0.617. The highest BCUT2D eigenvalue weighted by Crippen LogP contribution is 2.40. The molecule has 0 radical (unpaired) electrons. The van der Waals surface area contributed by atoms with Gasteiger partial charge in [0.05, 0.1) is 31.2 Å². The van der Waals surface area contributed by atoms with Crippen molar-refractivity contribution in [3.63, 3.8) is 0 Å². The lowest BCUT2D eigenvalue weighted by atomic mass is 10.1. The number of aromatic amines is 1. The highest BCUT2D eigenvalue weighted by Gasteiger charge is 2.18. The topological polar surface area (TPSA) is 72.9 Å². The number of hydrogen-bond acceptors (Lipinski definition) is 5. The van der Waals surface area contributed by atoms with Crippen molar-refractivity contribution in [2.24, 2.45) is 0 Å². The Kier molecular flexibility index (Phi) is 3.78. The number of nitrogens with one attached hydrogen (secondary N) is 1. The van der Waals surface area contributed by atoms with Crippen LogP contribution in [0.1, 0.15) is 0 Å². The Hall–Kier alpha value is -3.41. The van der Waals surface area contributed by atoms with E-state index in [1.54, 1.807) is 26.6 Å². The lowest BCUT2D eigenvalue weighted by molar-refractivity contribution is 0.397. The van der Waals surface area contributed by atoms with Gasteiger partial charge in [0.15, 0.2) is 5.65 Å². The molecule has 0 bridgehead atoms. The number of aromatic nitrogens is 4. The molecule has 0 unspecified atom stereocenters. The summed E-state index contributed by atoms with van der Waals surface area (Å²) in [5.41, 5.74) is 4.04. The molecule has 0 aliphatic rings. The number of H-pyrrole nitrogens is 1. The molecule has 3 aromatic heterocycles. The van der Waals surface area contributed by atoms with Crippen LogP contribution >= 0.6 is 0 Å². The Balaban J connectivity index is 1.89. The van der Waals surface area contributed by atoms with Gasteiger partial charge in [0.1, 0.15) is 11.5 Å². The predicted molar refractivity (Wildman–Crippen MR) is 95.7 cm³/mol. The molecule has 3 heterocycles. The summed E-state index contributed by atoms with van der Waals surface area (Å²) in [5.74, 6) is 1.42. The van der Waals surface area contributed by atoms with E-state index in [-0.39, 0.29) is 0 Å². The molecule has 1 aromatic carbocycles. The van der Waals surface area contributed by atoms with Crippen molar-refractivity contribution in [3.05, 3.63) is 54.9 Å². The summed E-state index contributed by atoms with van der Waals surface area (Å²) >= 11 is 0. The van der Waals surface area contributed by atoms with Gasteiger partial charge in [0.2, 0.25) is 0 Å². The maximum atomic E-state index is 5.50. The number of ether oxygens (including phenoxy) is 2. The smallest absolute Gasteiger partial charge is 0.182 e. The molecular weight excluding hydrogens is 316 g/mol. The Morgan fingerprint density at radius 1 is 0.920 bits per heavy atom. The summed E-state index contributed by atoms with van der Waals surface area (Å²) in [7, 11) is 3.27. The third-order valence-corrected chi connectivity index (χ3v) is 4.05. The van der Waals surface area contributed by atoms with Gasteiger partial charge in [-0.2, -0.15) is 5.10 Å². The normalized spacial score (nSPS) is 10.8. The molecule has 0 spiro atoms. The molecular formula is C19H16N4O2. The molecule has 6 heteroatoms. The maximum absolute atomic E-state index is 5.50. The summed E-state index contributed by atoms with van der Waals surface area (Å²) in [6.07, 6.45) is 3.52. The van der Waals surface area contributed by atoms with E-state index in [1.807, 2.05) is 42.5 Å². The van der Waals surface area contributed by atoms with E-state index in [0.29, 0.717) is 17.1 Å². The predicted octanol–water partition coefficient (Wildman–Crippen LogP) is 3.70. The summed E-state index contributed by atoms with van der Waals surface area (Å²) in [5, 5.41) is 8.33. The van der Waals surface area contributed by atoms with Gasteiger partial charge in [-0.1, -0.05) is 6.07 Å². The molecule has 0 fully saturated rings. The molecule has 4 rings (SSSR count). The molecule has 124 valence electrons. The Morgan fingerprint density at radius 2 is 1.72 bits per heavy atom. The summed E-state index contributed by atoms with van der Waals surface area (Å²) < 4.78 is 11.0. The third-order valence-electron chi connectivity index (χ3n) is 4.05. The summed E-state index contributed by atoms with van der Waals surface area (Å²) in [6.45, 7) is 0. The van der Waals surface area contributed by atoms with Crippen molar-refractivity contribution in [1.29, 1.82) is 0 Å². The first-order chi connectivity index (χ1) is 12.3. The fourth-order valence-electron chi connectivity index (χ4n) is 2.86. The second-order valence-electron chi connectivity index (χ2n) is 5.45. The lowest BCUT2D eigenvalue weighted by Gasteiger charge is -2.11. The zero-order valence-corrected chi connectivity index (χ0v) is 13.9. The summed E-state index contributed by atoms with van der Waals surface area (Å²) in [6, 6.07) is 13.5. The van der Waals surface area contributed by atoms with Crippen LogP contribution in [0.4, 0.5) is 0 Å². The summed E-state index contributed by atoms with van der Waals surface area (Å²) in [4.78, 5) is 8.78. The van der Waals surface area contributed by atoms with E-state index in [9.17, 15) is 0 Å². The van der Waals surface area contributed by atoms with Crippen molar-refractivity contribution in [2.75, 3.05) is 14.2 Å². The van der Waals surface area contributed by atoms with E-state index in [2.05, 4.69) is 20.2 Å². The number of hydrogen-bond donors (Lipinski definition) is 1. The van der Waals surface area contributed by atoms with Crippen LogP contribution in [0.5, 0.6) is 11.5 Å². The van der Waals surface area contributed by atoms with Gasteiger partial charge in [-0.15, -0.1) is 0 Å². The number of fused-ring (bicyclic) bond motifs is 1. The van der Waals surface area contributed by atoms with Crippen molar-refractivity contribution in [2.45, 2.75) is 0 Å². The molecule has 0 saturated heterocycles. The fourth-order valence-corrected chi connectivity index (χ4v) is 2.86. The highest BCUT2D eigenvalue weighted by atomic mass is 16.5. The second-order valence-corrected chi connectivity index (χ2v) is 5.45. The van der Waals surface area contributed by atoms with E-state index >= 15 is 0 Å². The average Bonchev–Trinajstić information content (AvgIpc) is 3.10. The molecule has 0 amide bonds. The molecule has 0 atom stereocenters. The average molecular weight is 332 g/mol. The Bertz CT molecular complexity index is 1010. The van der Waals surface area contributed by atoms with Crippen molar-refractivity contribution in [1.82, 2.24) is 20.2 Å². The molecule has 6 nitrogen and oxygen atoms in total. The molecule has 0 aliphatic heterocycles. The van der Waals surface area contributed by atoms with E-state index in [4.69, 9.17) is 9.47 Å². The van der Waals surface area contributed by atoms with E-state index in [1.165, 1.54) is 0 Å². The number of methoxy groups -OCH3 is 2. The van der Waals surface area contributed by atoms with Gasteiger partial charge in [0, 0.05) is 23.3 Å². The first-order valence-electron chi connectivity index (χ1n) is 7.78. The van der Waals surface area contributed by atoms with Crippen LogP contribution in [0.25, 0.3) is 33.5 Å². The molecule has 25 heavy (non-hydrogen) atoms. The standard InChI is InChI=1S/C19H16N4O2/c1-24-15-6-3-7-16(25-2)17(15)18-13-8-9-14(21-19(13)23-22-18)12-5-4-10-20-11-12/h3-11H,1-2H3,(H,21,22,23). The van der Waals surface area contributed by atoms with Gasteiger partial charge < -0.3 is 9.47 Å². The first kappa shape index (κ1) is 15.1. The minimum Gasteiger partial charge on any atom is -0.496 e. The zero-order chi connectivity index (χ0) is 17.2. The van der Waals surface area contributed by atoms with Gasteiger partial charge in [-0.05, 0) is 36.4 Å². The van der Waals surface area contributed by atoms with Crippen LogP contribution in [-0.4, -0.2) is 34.4 Å². The Labute approximate surface area is 144 Å². The monoisotopic (exact) mass is 332 g/mol. The number of pyridine rings is 2. The fraction of sp³-hybridized carbons (Fsp3) is 0.105. The molecule has 1 N–H and O–H groups in total. The maximum Gasteiger partial charge on any atom is 0.182 e. The van der Waals surface area contributed by atoms with Crippen LogP contribution in [0.2, 0.25) is 0 Å². The van der Waals surface area contributed by atoms with Gasteiger partial charge >= 0.3 is 0 Å². The van der Waals surface area contributed by atoms with Crippen molar-refractivity contribution >= 4 is 11.0 Å². The highest BCUT2D eigenvalue weighted by molar-refractivity contribution is 5.95. The van der Waals surface area contributed by atoms with Crippen molar-refractivity contribution in [3.8, 4) is 34.0 Å². The van der Waals surface area contributed by atoms with Crippen LogP contribution in [0.15, 0.2) is 54.9 Å². The minimum atomic E-state index is 0.629. The van der Waals surface area contributed by atoms with Crippen LogP contribution in [-0.2, 0) is 0 Å². The minimum absolute atomic E-state index is 0.629.